The molecule has 0 unspecified atom stereocenters. The number of rotatable bonds is 9. The Morgan fingerprint density at radius 2 is 1.70 bits per heavy atom. The molecule has 6 heteroatoms. The van der Waals surface area contributed by atoms with Crippen molar-refractivity contribution in [1.82, 2.24) is 9.21 Å². The van der Waals surface area contributed by atoms with Crippen LogP contribution in [0.25, 0.3) is 10.8 Å². The molecule has 0 spiro atoms. The Kier molecular flexibility index (Phi) is 5.81. The maximum Gasteiger partial charge on any atom is 0.214 e. The monoisotopic (exact) mass is 385 g/mol. The Morgan fingerprint density at radius 1 is 1.07 bits per heavy atom. The predicted octanol–water partition coefficient (Wildman–Crippen LogP) is 2.36. The summed E-state index contributed by atoms with van der Waals surface area (Å²) in [5.41, 5.74) is 6.81. The third-order valence-electron chi connectivity index (χ3n) is 5.13. The summed E-state index contributed by atoms with van der Waals surface area (Å²) in [6.07, 6.45) is 4.03. The van der Waals surface area contributed by atoms with Gasteiger partial charge in [-0.3, -0.25) is 4.90 Å². The van der Waals surface area contributed by atoms with Crippen LogP contribution < -0.4 is 5.73 Å². The van der Waals surface area contributed by atoms with Crippen LogP contribution in [-0.4, -0.2) is 55.2 Å². The lowest BCUT2D eigenvalue weighted by molar-refractivity contribution is 0.00695. The van der Waals surface area contributed by atoms with Crippen LogP contribution in [0.15, 0.2) is 67.8 Å². The molecule has 0 aliphatic carbocycles. The van der Waals surface area contributed by atoms with Crippen LogP contribution >= 0.6 is 0 Å². The van der Waals surface area contributed by atoms with E-state index in [1.54, 1.807) is 12.2 Å². The minimum absolute atomic E-state index is 0.0833. The fourth-order valence-corrected chi connectivity index (χ4v) is 5.17. The minimum Gasteiger partial charge on any atom is -0.311 e. The first-order chi connectivity index (χ1) is 12.9. The van der Waals surface area contributed by atoms with E-state index in [1.807, 2.05) is 47.4 Å². The molecule has 0 radical (unpaired) electrons. The molecule has 0 aromatic heterocycles. The molecule has 1 aliphatic rings. The van der Waals surface area contributed by atoms with Crippen LogP contribution in [0.5, 0.6) is 0 Å². The summed E-state index contributed by atoms with van der Waals surface area (Å²) in [7, 11) is -3.35. The zero-order valence-electron chi connectivity index (χ0n) is 15.5. The van der Waals surface area contributed by atoms with Gasteiger partial charge in [-0.05, 0) is 22.8 Å². The fraction of sp³-hybridized carbons (Fsp3) is 0.333. The van der Waals surface area contributed by atoms with E-state index in [9.17, 15) is 8.42 Å². The standard InChI is InChI=1S/C21H27N3O2S/c1-3-13-23(14-4-2)21(22)16-24(17-21)27(25,26)15-12-19-10-7-9-18-8-5-6-11-20(18)19/h3-11H,1-2,12-17,22H2. The Labute approximate surface area is 161 Å². The fourth-order valence-electron chi connectivity index (χ4n) is 3.59. The molecule has 0 amide bonds. The smallest absolute Gasteiger partial charge is 0.214 e. The third-order valence-corrected chi connectivity index (χ3v) is 6.90. The van der Waals surface area contributed by atoms with Gasteiger partial charge in [0, 0.05) is 26.2 Å². The molecule has 5 nitrogen and oxygen atoms in total. The van der Waals surface area contributed by atoms with Gasteiger partial charge >= 0.3 is 0 Å². The summed E-state index contributed by atoms with van der Waals surface area (Å²) >= 11 is 0. The molecule has 1 heterocycles. The minimum atomic E-state index is -3.35. The van der Waals surface area contributed by atoms with Crippen molar-refractivity contribution in [2.75, 3.05) is 31.9 Å². The van der Waals surface area contributed by atoms with Crippen LogP contribution in [-0.2, 0) is 16.4 Å². The summed E-state index contributed by atoms with van der Waals surface area (Å²) < 4.78 is 27.0. The number of hydrogen-bond donors (Lipinski definition) is 1. The highest BCUT2D eigenvalue weighted by Crippen LogP contribution is 2.27. The number of hydrogen-bond acceptors (Lipinski definition) is 4. The van der Waals surface area contributed by atoms with Crippen molar-refractivity contribution in [3.8, 4) is 0 Å². The van der Waals surface area contributed by atoms with Gasteiger partial charge in [-0.1, -0.05) is 54.6 Å². The summed E-state index contributed by atoms with van der Waals surface area (Å²) in [5.74, 6) is 0.0833. The van der Waals surface area contributed by atoms with E-state index >= 15 is 0 Å². The molecule has 2 N–H and O–H groups in total. The van der Waals surface area contributed by atoms with Crippen LogP contribution in [0.4, 0.5) is 0 Å². The summed E-state index contributed by atoms with van der Waals surface area (Å²) in [6, 6.07) is 14.1. The average Bonchev–Trinajstić information content (AvgIpc) is 2.63. The quantitative estimate of drug-likeness (QED) is 0.532. The molecule has 2 aromatic rings. The molecular formula is C21H27N3O2S. The van der Waals surface area contributed by atoms with Gasteiger partial charge in [-0.25, -0.2) is 8.42 Å². The second-order valence-corrected chi connectivity index (χ2v) is 9.15. The number of sulfonamides is 1. The van der Waals surface area contributed by atoms with Crippen molar-refractivity contribution in [1.29, 1.82) is 0 Å². The van der Waals surface area contributed by atoms with E-state index in [0.29, 0.717) is 32.6 Å². The molecule has 0 bridgehead atoms. The molecule has 3 rings (SSSR count). The first-order valence-corrected chi connectivity index (χ1v) is 10.7. The number of aryl methyl sites for hydroxylation is 1. The Bertz CT molecular complexity index is 918. The first kappa shape index (κ1) is 19.8. The average molecular weight is 386 g/mol. The zero-order chi connectivity index (χ0) is 19.5. The zero-order valence-corrected chi connectivity index (χ0v) is 16.4. The van der Waals surface area contributed by atoms with Crippen molar-refractivity contribution in [2.24, 2.45) is 5.73 Å². The van der Waals surface area contributed by atoms with Gasteiger partial charge in [0.1, 0.15) is 0 Å². The molecule has 0 atom stereocenters. The second-order valence-electron chi connectivity index (χ2n) is 7.06. The molecule has 2 aromatic carbocycles. The van der Waals surface area contributed by atoms with E-state index in [1.165, 1.54) is 4.31 Å². The molecule has 1 fully saturated rings. The van der Waals surface area contributed by atoms with Gasteiger partial charge in [0.15, 0.2) is 0 Å². The van der Waals surface area contributed by atoms with Crippen molar-refractivity contribution in [3.63, 3.8) is 0 Å². The normalized spacial score (nSPS) is 17.0. The van der Waals surface area contributed by atoms with Crippen LogP contribution in [0, 0.1) is 0 Å². The Morgan fingerprint density at radius 3 is 2.37 bits per heavy atom. The van der Waals surface area contributed by atoms with Crippen molar-refractivity contribution < 1.29 is 8.42 Å². The lowest BCUT2D eigenvalue weighted by atomic mass is 10.0. The highest BCUT2D eigenvalue weighted by atomic mass is 32.2. The summed E-state index contributed by atoms with van der Waals surface area (Å²) in [4.78, 5) is 2.00. The van der Waals surface area contributed by atoms with Gasteiger partial charge in [0.25, 0.3) is 0 Å². The van der Waals surface area contributed by atoms with E-state index < -0.39 is 15.7 Å². The predicted molar refractivity (Wildman–Crippen MR) is 112 cm³/mol. The molecular weight excluding hydrogens is 358 g/mol. The third kappa shape index (κ3) is 4.14. The van der Waals surface area contributed by atoms with Gasteiger partial charge in [0.05, 0.1) is 11.4 Å². The highest BCUT2D eigenvalue weighted by molar-refractivity contribution is 7.89. The topological polar surface area (TPSA) is 66.6 Å². The highest BCUT2D eigenvalue weighted by Gasteiger charge is 2.48. The first-order valence-electron chi connectivity index (χ1n) is 9.10. The maximum absolute atomic E-state index is 12.8. The summed E-state index contributed by atoms with van der Waals surface area (Å²) in [6.45, 7) is 9.30. The number of nitrogens with zero attached hydrogens (tertiary/aromatic N) is 2. The van der Waals surface area contributed by atoms with Crippen molar-refractivity contribution in [2.45, 2.75) is 12.1 Å². The van der Waals surface area contributed by atoms with Crippen LogP contribution in [0.1, 0.15) is 5.56 Å². The number of nitrogens with two attached hydrogens (primary N) is 1. The largest absolute Gasteiger partial charge is 0.311 e. The lowest BCUT2D eigenvalue weighted by Gasteiger charge is -2.52. The second kappa shape index (κ2) is 7.94. The molecule has 27 heavy (non-hydrogen) atoms. The van der Waals surface area contributed by atoms with E-state index in [0.717, 1.165) is 16.3 Å². The Hall–Kier alpha value is -1.99. The number of benzene rings is 2. The van der Waals surface area contributed by atoms with E-state index in [2.05, 4.69) is 13.2 Å². The van der Waals surface area contributed by atoms with Gasteiger partial charge in [-0.2, -0.15) is 4.31 Å². The van der Waals surface area contributed by atoms with Crippen molar-refractivity contribution >= 4 is 20.8 Å². The molecule has 144 valence electrons. The molecule has 1 saturated heterocycles. The Balaban J connectivity index is 1.66. The number of fused-ring (bicyclic) bond motifs is 1. The maximum atomic E-state index is 12.8. The van der Waals surface area contributed by atoms with Gasteiger partial charge in [0.2, 0.25) is 10.0 Å². The van der Waals surface area contributed by atoms with E-state index in [4.69, 9.17) is 5.73 Å². The molecule has 0 saturated carbocycles. The van der Waals surface area contributed by atoms with Crippen LogP contribution in [0.3, 0.4) is 0 Å². The SMILES string of the molecule is C=CCN(CC=C)C1(N)CN(S(=O)(=O)CCc2cccc3ccccc23)C1. The van der Waals surface area contributed by atoms with Crippen LogP contribution in [0.2, 0.25) is 0 Å². The van der Waals surface area contributed by atoms with E-state index in [-0.39, 0.29) is 5.75 Å². The lowest BCUT2D eigenvalue weighted by Crippen LogP contribution is -2.76. The summed E-state index contributed by atoms with van der Waals surface area (Å²) in [5, 5.41) is 2.23. The van der Waals surface area contributed by atoms with Gasteiger partial charge in [-0.15, -0.1) is 13.2 Å². The molecule has 1 aliphatic heterocycles. The van der Waals surface area contributed by atoms with Gasteiger partial charge < -0.3 is 5.73 Å². The van der Waals surface area contributed by atoms with Crippen molar-refractivity contribution in [3.05, 3.63) is 73.3 Å².